The van der Waals surface area contributed by atoms with Crippen molar-refractivity contribution in [1.82, 2.24) is 5.32 Å². The third-order valence-electron chi connectivity index (χ3n) is 1.84. The Balaban J connectivity index is 2.60. The standard InChI is InChI=1S/C7H12FNO4/c1-3(10)9-5-6(11)4(8)2-13-7(5)12/h4-7,11-12H,2H2,1H3,(H,9,10)/t4-,5+,6+,7-/m1/s1. The van der Waals surface area contributed by atoms with Gasteiger partial charge in [-0.25, -0.2) is 4.39 Å². The topological polar surface area (TPSA) is 78.8 Å². The summed E-state index contributed by atoms with van der Waals surface area (Å²) in [5.74, 6) is -0.458. The van der Waals surface area contributed by atoms with Gasteiger partial charge in [-0.1, -0.05) is 0 Å². The first kappa shape index (κ1) is 10.4. The van der Waals surface area contributed by atoms with E-state index in [0.29, 0.717) is 0 Å². The van der Waals surface area contributed by atoms with Crippen LogP contribution in [0.3, 0.4) is 0 Å². The molecule has 4 atom stereocenters. The number of carbonyl (C=O) groups is 1. The Hall–Kier alpha value is -0.720. The molecule has 5 nitrogen and oxygen atoms in total. The maximum absolute atomic E-state index is 12.8. The van der Waals surface area contributed by atoms with E-state index in [4.69, 9.17) is 5.11 Å². The summed E-state index contributed by atoms with van der Waals surface area (Å²) in [5, 5.41) is 20.6. The molecule has 0 aromatic carbocycles. The van der Waals surface area contributed by atoms with Crippen LogP contribution < -0.4 is 5.32 Å². The largest absolute Gasteiger partial charge is 0.388 e. The lowest BCUT2D eigenvalue weighted by Gasteiger charge is -2.34. The SMILES string of the molecule is CC(=O)N[C@H]1[C@@H](O)[C@H](F)CO[C@H]1O. The van der Waals surface area contributed by atoms with E-state index < -0.39 is 30.5 Å². The highest BCUT2D eigenvalue weighted by Crippen LogP contribution is 2.16. The van der Waals surface area contributed by atoms with E-state index in [1.165, 1.54) is 6.92 Å². The van der Waals surface area contributed by atoms with Crippen LogP contribution in [0.2, 0.25) is 0 Å². The van der Waals surface area contributed by atoms with Gasteiger partial charge in [0, 0.05) is 6.92 Å². The fourth-order valence-electron chi connectivity index (χ4n) is 1.18. The van der Waals surface area contributed by atoms with Crippen molar-refractivity contribution in [3.8, 4) is 0 Å². The monoisotopic (exact) mass is 193 g/mol. The van der Waals surface area contributed by atoms with Crippen LogP contribution in [0.1, 0.15) is 6.92 Å². The molecule has 1 fully saturated rings. The third kappa shape index (κ3) is 2.36. The van der Waals surface area contributed by atoms with Gasteiger partial charge >= 0.3 is 0 Å². The Bertz CT molecular complexity index is 201. The van der Waals surface area contributed by atoms with Gasteiger partial charge in [0.25, 0.3) is 0 Å². The fraction of sp³-hybridized carbons (Fsp3) is 0.857. The number of carbonyl (C=O) groups excluding carboxylic acids is 1. The summed E-state index contributed by atoms with van der Waals surface area (Å²) in [6.07, 6.45) is -4.36. The summed E-state index contributed by atoms with van der Waals surface area (Å²) in [7, 11) is 0. The van der Waals surface area contributed by atoms with Crippen LogP contribution in [0.5, 0.6) is 0 Å². The third-order valence-corrected chi connectivity index (χ3v) is 1.84. The number of halogens is 1. The zero-order valence-corrected chi connectivity index (χ0v) is 7.11. The molecular weight excluding hydrogens is 181 g/mol. The zero-order valence-electron chi connectivity index (χ0n) is 7.11. The van der Waals surface area contributed by atoms with E-state index in [9.17, 15) is 14.3 Å². The number of aliphatic hydroxyl groups is 2. The van der Waals surface area contributed by atoms with Crippen LogP contribution >= 0.6 is 0 Å². The predicted octanol–water partition coefficient (Wildman–Crippen LogP) is -1.46. The van der Waals surface area contributed by atoms with E-state index >= 15 is 0 Å². The van der Waals surface area contributed by atoms with Crippen molar-refractivity contribution in [3.63, 3.8) is 0 Å². The summed E-state index contributed by atoms with van der Waals surface area (Å²) in [5.41, 5.74) is 0. The molecule has 13 heavy (non-hydrogen) atoms. The summed E-state index contributed by atoms with van der Waals surface area (Å²) >= 11 is 0. The Labute approximate surface area is 74.5 Å². The van der Waals surface area contributed by atoms with Gasteiger partial charge in [0.1, 0.15) is 12.1 Å². The highest BCUT2D eigenvalue weighted by atomic mass is 19.1. The van der Waals surface area contributed by atoms with Crippen LogP contribution in [-0.2, 0) is 9.53 Å². The summed E-state index contributed by atoms with van der Waals surface area (Å²) in [4.78, 5) is 10.6. The van der Waals surface area contributed by atoms with Crippen molar-refractivity contribution >= 4 is 5.91 Å². The number of rotatable bonds is 1. The number of amides is 1. The number of nitrogens with one attached hydrogen (secondary N) is 1. The molecule has 0 radical (unpaired) electrons. The first-order valence-electron chi connectivity index (χ1n) is 3.91. The first-order chi connectivity index (χ1) is 6.02. The Morgan fingerprint density at radius 2 is 2.23 bits per heavy atom. The van der Waals surface area contributed by atoms with E-state index in [1.54, 1.807) is 0 Å². The average molecular weight is 193 g/mol. The first-order valence-corrected chi connectivity index (χ1v) is 3.91. The van der Waals surface area contributed by atoms with Gasteiger partial charge < -0.3 is 20.3 Å². The number of hydrogen-bond acceptors (Lipinski definition) is 4. The predicted molar refractivity (Wildman–Crippen MR) is 40.5 cm³/mol. The molecule has 0 aromatic rings. The normalized spacial score (nSPS) is 40.0. The Morgan fingerprint density at radius 3 is 2.77 bits per heavy atom. The van der Waals surface area contributed by atoms with Crippen LogP contribution in [0.4, 0.5) is 4.39 Å². The molecule has 0 saturated carbocycles. The molecule has 0 aliphatic carbocycles. The lowest BCUT2D eigenvalue weighted by atomic mass is 10.0. The Morgan fingerprint density at radius 1 is 1.62 bits per heavy atom. The quantitative estimate of drug-likeness (QED) is 0.475. The van der Waals surface area contributed by atoms with Crippen molar-refractivity contribution in [3.05, 3.63) is 0 Å². The molecule has 0 bridgehead atoms. The van der Waals surface area contributed by atoms with Crippen molar-refractivity contribution in [1.29, 1.82) is 0 Å². The van der Waals surface area contributed by atoms with Crippen LogP contribution in [0, 0.1) is 0 Å². The van der Waals surface area contributed by atoms with E-state index in [0.717, 1.165) is 0 Å². The highest BCUT2D eigenvalue weighted by Gasteiger charge is 2.39. The van der Waals surface area contributed by atoms with Crippen LogP contribution in [0.15, 0.2) is 0 Å². The van der Waals surface area contributed by atoms with Crippen LogP contribution in [-0.4, -0.2) is 47.3 Å². The molecule has 0 spiro atoms. The summed E-state index contributed by atoms with van der Waals surface area (Å²) < 4.78 is 17.4. The smallest absolute Gasteiger partial charge is 0.217 e. The van der Waals surface area contributed by atoms with Crippen molar-refractivity contribution < 1.29 is 24.1 Å². The molecule has 3 N–H and O–H groups in total. The molecule has 6 heteroatoms. The molecule has 0 unspecified atom stereocenters. The van der Waals surface area contributed by atoms with E-state index in [2.05, 4.69) is 10.1 Å². The lowest BCUT2D eigenvalue weighted by Crippen LogP contribution is -2.59. The minimum atomic E-state index is -1.58. The van der Waals surface area contributed by atoms with E-state index in [-0.39, 0.29) is 6.61 Å². The number of alkyl halides is 1. The van der Waals surface area contributed by atoms with Crippen LogP contribution in [0.25, 0.3) is 0 Å². The minimum absolute atomic E-state index is 0.363. The fourth-order valence-corrected chi connectivity index (χ4v) is 1.18. The molecule has 0 aromatic heterocycles. The zero-order chi connectivity index (χ0) is 10.0. The molecule has 1 aliphatic heterocycles. The number of hydrogen-bond donors (Lipinski definition) is 3. The molecule has 1 saturated heterocycles. The number of ether oxygens (including phenoxy) is 1. The van der Waals surface area contributed by atoms with Crippen molar-refractivity contribution in [2.75, 3.05) is 6.61 Å². The Kier molecular flexibility index (Phi) is 3.18. The van der Waals surface area contributed by atoms with Crippen molar-refractivity contribution in [2.24, 2.45) is 0 Å². The second kappa shape index (κ2) is 3.99. The van der Waals surface area contributed by atoms with Gasteiger partial charge in [0.2, 0.25) is 5.91 Å². The highest BCUT2D eigenvalue weighted by molar-refractivity contribution is 5.73. The summed E-state index contributed by atoms with van der Waals surface area (Å²) in [6.45, 7) is 0.847. The second-order valence-electron chi connectivity index (χ2n) is 2.96. The number of aliphatic hydroxyl groups excluding tert-OH is 2. The minimum Gasteiger partial charge on any atom is -0.388 e. The van der Waals surface area contributed by atoms with Gasteiger partial charge in [0.05, 0.1) is 6.61 Å². The lowest BCUT2D eigenvalue weighted by molar-refractivity contribution is -0.199. The van der Waals surface area contributed by atoms with Gasteiger partial charge in [0.15, 0.2) is 12.5 Å². The van der Waals surface area contributed by atoms with Gasteiger partial charge in [-0.15, -0.1) is 0 Å². The van der Waals surface area contributed by atoms with Gasteiger partial charge in [-0.2, -0.15) is 0 Å². The second-order valence-corrected chi connectivity index (χ2v) is 2.96. The van der Waals surface area contributed by atoms with Gasteiger partial charge in [-0.05, 0) is 0 Å². The molecular formula is C7H12FNO4. The molecule has 1 heterocycles. The summed E-state index contributed by atoms with van der Waals surface area (Å²) in [6, 6.07) is -1.10. The maximum Gasteiger partial charge on any atom is 0.217 e. The maximum atomic E-state index is 12.8. The van der Waals surface area contributed by atoms with Crippen molar-refractivity contribution in [2.45, 2.75) is 31.5 Å². The molecule has 1 aliphatic rings. The van der Waals surface area contributed by atoms with E-state index in [1.807, 2.05) is 0 Å². The van der Waals surface area contributed by atoms with Gasteiger partial charge in [-0.3, -0.25) is 4.79 Å². The molecule has 1 amide bonds. The molecule has 76 valence electrons. The average Bonchev–Trinajstić information content (AvgIpc) is 2.05. The molecule has 1 rings (SSSR count).